The summed E-state index contributed by atoms with van der Waals surface area (Å²) in [5.41, 5.74) is 0. The van der Waals surface area contributed by atoms with Gasteiger partial charge in [-0.3, -0.25) is 0 Å². The van der Waals surface area contributed by atoms with Crippen LogP contribution >= 0.6 is 11.6 Å². The fourth-order valence-electron chi connectivity index (χ4n) is 1.95. The lowest BCUT2D eigenvalue weighted by molar-refractivity contribution is 0.658. The minimum absolute atomic E-state index is 0.212. The van der Waals surface area contributed by atoms with Crippen LogP contribution in [0.3, 0.4) is 0 Å². The maximum absolute atomic E-state index is 5.96. The monoisotopic (exact) mass is 309 g/mol. The van der Waals surface area contributed by atoms with Gasteiger partial charge in [-0.1, -0.05) is 0 Å². The van der Waals surface area contributed by atoms with Crippen LogP contribution in [0, 0.1) is 0 Å². The zero-order valence-electron chi connectivity index (χ0n) is 12.3. The molecule has 0 fully saturated rings. The van der Waals surface area contributed by atoms with Gasteiger partial charge in [0, 0.05) is 38.6 Å². The van der Waals surface area contributed by atoms with Crippen molar-refractivity contribution in [3.63, 3.8) is 0 Å². The number of aromatic nitrogens is 5. The zero-order valence-corrected chi connectivity index (χ0v) is 13.1. The van der Waals surface area contributed by atoms with Crippen LogP contribution < -0.4 is 10.2 Å². The molecule has 7 nitrogen and oxygen atoms in total. The van der Waals surface area contributed by atoms with Gasteiger partial charge in [-0.15, -0.1) is 0 Å². The molecule has 21 heavy (non-hydrogen) atoms. The Hall–Kier alpha value is -1.89. The summed E-state index contributed by atoms with van der Waals surface area (Å²) in [6, 6.07) is 0. The number of imidazole rings is 1. The van der Waals surface area contributed by atoms with Gasteiger partial charge in [0.25, 0.3) is 0 Å². The number of halogens is 1. The molecule has 0 aliphatic rings. The molecule has 0 aromatic carbocycles. The molecule has 2 aromatic rings. The topological polar surface area (TPSA) is 71.8 Å². The summed E-state index contributed by atoms with van der Waals surface area (Å²) in [4.78, 5) is 18.7. The molecule has 2 rings (SSSR count). The van der Waals surface area contributed by atoms with E-state index in [4.69, 9.17) is 11.6 Å². The lowest BCUT2D eigenvalue weighted by Gasteiger charge is -2.18. The molecule has 0 bridgehead atoms. The van der Waals surface area contributed by atoms with Crippen LogP contribution in [0.2, 0.25) is 5.28 Å². The van der Waals surface area contributed by atoms with E-state index >= 15 is 0 Å². The molecule has 114 valence electrons. The van der Waals surface area contributed by atoms with Crippen molar-refractivity contribution in [3.8, 4) is 0 Å². The number of rotatable bonds is 8. The molecule has 0 saturated carbocycles. The van der Waals surface area contributed by atoms with Gasteiger partial charge < -0.3 is 14.8 Å². The average molecular weight is 310 g/mol. The van der Waals surface area contributed by atoms with E-state index in [0.29, 0.717) is 11.9 Å². The normalized spacial score (nSPS) is 10.6. The van der Waals surface area contributed by atoms with Crippen LogP contribution in [0.15, 0.2) is 18.7 Å². The van der Waals surface area contributed by atoms with Gasteiger partial charge in [0.2, 0.25) is 17.2 Å². The Bertz CT molecular complexity index is 539. The quantitative estimate of drug-likeness (QED) is 0.753. The number of aryl methyl sites for hydroxylation is 1. The molecule has 0 aliphatic carbocycles. The molecule has 0 saturated heterocycles. The molecular formula is C13H20ClN7. The first-order valence-corrected chi connectivity index (χ1v) is 7.46. The van der Waals surface area contributed by atoms with Crippen LogP contribution in [-0.2, 0) is 6.54 Å². The Labute approximate surface area is 129 Å². The minimum Gasteiger partial charge on any atom is -0.354 e. The van der Waals surface area contributed by atoms with Gasteiger partial charge in [0.05, 0.1) is 6.33 Å². The molecule has 1 N–H and O–H groups in total. The molecule has 0 amide bonds. The summed E-state index contributed by atoms with van der Waals surface area (Å²) in [6.07, 6.45) is 6.46. The van der Waals surface area contributed by atoms with Crippen molar-refractivity contribution < 1.29 is 0 Å². The van der Waals surface area contributed by atoms with E-state index in [1.165, 1.54) is 0 Å². The molecule has 0 unspecified atom stereocenters. The minimum atomic E-state index is 0.212. The third-order valence-electron chi connectivity index (χ3n) is 3.08. The van der Waals surface area contributed by atoms with Crippen molar-refractivity contribution in [2.75, 3.05) is 29.9 Å². The fraction of sp³-hybridized carbons (Fsp3) is 0.538. The first-order chi connectivity index (χ1) is 10.2. The standard InChI is InChI=1S/C13H20ClN7/c1-3-21(4-2)13-18-11(14)17-12(19-13)16-6-5-8-20-9-7-15-10-20/h7,9-10H,3-6,8H2,1-2H3,(H,16,17,18,19). The van der Waals surface area contributed by atoms with E-state index in [1.54, 1.807) is 12.5 Å². The van der Waals surface area contributed by atoms with Crippen molar-refractivity contribution in [3.05, 3.63) is 24.0 Å². The smallest absolute Gasteiger partial charge is 0.231 e. The van der Waals surface area contributed by atoms with Crippen LogP contribution in [-0.4, -0.2) is 44.1 Å². The van der Waals surface area contributed by atoms with Crippen molar-refractivity contribution in [1.82, 2.24) is 24.5 Å². The fourth-order valence-corrected chi connectivity index (χ4v) is 2.10. The summed E-state index contributed by atoms with van der Waals surface area (Å²) >= 11 is 5.96. The number of anilines is 2. The van der Waals surface area contributed by atoms with Crippen molar-refractivity contribution >= 4 is 23.5 Å². The maximum Gasteiger partial charge on any atom is 0.231 e. The molecule has 2 aromatic heterocycles. The summed E-state index contributed by atoms with van der Waals surface area (Å²) in [5, 5.41) is 3.40. The van der Waals surface area contributed by atoms with Gasteiger partial charge >= 0.3 is 0 Å². The van der Waals surface area contributed by atoms with E-state index in [1.807, 2.05) is 15.7 Å². The Morgan fingerprint density at radius 1 is 1.24 bits per heavy atom. The Morgan fingerprint density at radius 3 is 2.71 bits per heavy atom. The van der Waals surface area contributed by atoms with Crippen molar-refractivity contribution in [1.29, 1.82) is 0 Å². The lowest BCUT2D eigenvalue weighted by atomic mass is 10.4. The first kappa shape index (κ1) is 15.5. The van der Waals surface area contributed by atoms with E-state index in [9.17, 15) is 0 Å². The molecule has 2 heterocycles. The third kappa shape index (κ3) is 4.56. The highest BCUT2D eigenvalue weighted by Gasteiger charge is 2.09. The second-order valence-corrected chi connectivity index (χ2v) is 4.82. The second kappa shape index (κ2) is 7.78. The van der Waals surface area contributed by atoms with Gasteiger partial charge in [-0.05, 0) is 31.9 Å². The highest BCUT2D eigenvalue weighted by atomic mass is 35.5. The SMILES string of the molecule is CCN(CC)c1nc(Cl)nc(NCCCn2ccnc2)n1. The number of hydrogen-bond donors (Lipinski definition) is 1. The van der Waals surface area contributed by atoms with Gasteiger partial charge in [0.15, 0.2) is 0 Å². The molecule has 0 spiro atoms. The summed E-state index contributed by atoms with van der Waals surface area (Å²) < 4.78 is 2.03. The number of hydrogen-bond acceptors (Lipinski definition) is 6. The highest BCUT2D eigenvalue weighted by Crippen LogP contribution is 2.13. The number of nitrogens with one attached hydrogen (secondary N) is 1. The third-order valence-corrected chi connectivity index (χ3v) is 3.25. The maximum atomic E-state index is 5.96. The van der Waals surface area contributed by atoms with Crippen molar-refractivity contribution in [2.24, 2.45) is 0 Å². The summed E-state index contributed by atoms with van der Waals surface area (Å²) in [5.74, 6) is 1.12. The van der Waals surface area contributed by atoms with Gasteiger partial charge in [-0.2, -0.15) is 15.0 Å². The molecule has 0 atom stereocenters. The van der Waals surface area contributed by atoms with Crippen molar-refractivity contribution in [2.45, 2.75) is 26.8 Å². The molecule has 8 heteroatoms. The predicted octanol–water partition coefficient (Wildman–Crippen LogP) is 2.07. The Morgan fingerprint density at radius 2 is 2.05 bits per heavy atom. The van der Waals surface area contributed by atoms with Crippen LogP contribution in [0.1, 0.15) is 20.3 Å². The molecule has 0 aliphatic heterocycles. The zero-order chi connectivity index (χ0) is 15.1. The van der Waals surface area contributed by atoms with E-state index in [2.05, 4.69) is 39.1 Å². The van der Waals surface area contributed by atoms with Crippen LogP contribution in [0.4, 0.5) is 11.9 Å². The van der Waals surface area contributed by atoms with Crippen LogP contribution in [0.25, 0.3) is 0 Å². The summed E-state index contributed by atoms with van der Waals surface area (Å²) in [6.45, 7) is 7.43. The summed E-state index contributed by atoms with van der Waals surface area (Å²) in [7, 11) is 0. The van der Waals surface area contributed by atoms with E-state index < -0.39 is 0 Å². The average Bonchev–Trinajstić information content (AvgIpc) is 2.98. The van der Waals surface area contributed by atoms with E-state index in [-0.39, 0.29) is 5.28 Å². The highest BCUT2D eigenvalue weighted by molar-refractivity contribution is 6.28. The first-order valence-electron chi connectivity index (χ1n) is 7.09. The van der Waals surface area contributed by atoms with Gasteiger partial charge in [-0.25, -0.2) is 4.98 Å². The van der Waals surface area contributed by atoms with Crippen LogP contribution in [0.5, 0.6) is 0 Å². The van der Waals surface area contributed by atoms with Gasteiger partial charge in [0.1, 0.15) is 0 Å². The van der Waals surface area contributed by atoms with E-state index in [0.717, 1.165) is 32.6 Å². The largest absolute Gasteiger partial charge is 0.354 e. The Kier molecular flexibility index (Phi) is 5.74. The lowest BCUT2D eigenvalue weighted by Crippen LogP contribution is -2.25. The Balaban J connectivity index is 1.90. The predicted molar refractivity (Wildman–Crippen MR) is 83.7 cm³/mol. The molecular weight excluding hydrogens is 290 g/mol. The second-order valence-electron chi connectivity index (χ2n) is 4.48. The molecule has 0 radical (unpaired) electrons. The number of nitrogens with zero attached hydrogens (tertiary/aromatic N) is 6.